The monoisotopic (exact) mass is 470 g/mol. The van der Waals surface area contributed by atoms with Crippen molar-refractivity contribution in [2.75, 3.05) is 0 Å². The number of hydrogen-bond acceptors (Lipinski definition) is 4. The van der Waals surface area contributed by atoms with Crippen LogP contribution < -0.4 is 5.32 Å². The molecule has 0 aliphatic carbocycles. The van der Waals surface area contributed by atoms with Crippen molar-refractivity contribution in [2.45, 2.75) is 70.3 Å². The van der Waals surface area contributed by atoms with Crippen LogP contribution in [0.1, 0.15) is 61.5 Å². The molecule has 170 valence electrons. The molecule has 0 unspecified atom stereocenters. The molecule has 1 N–H and O–H groups in total. The van der Waals surface area contributed by atoms with Gasteiger partial charge in [-0.3, -0.25) is 9.36 Å². The number of unbranched alkanes of at least 4 members (excludes halogenated alkanes) is 3. The fourth-order valence-electron chi connectivity index (χ4n) is 3.47. The largest absolute Gasteiger partial charge is 0.349 e. The first-order valence-electron chi connectivity index (χ1n) is 11.1. The molecule has 32 heavy (non-hydrogen) atoms. The van der Waals surface area contributed by atoms with Gasteiger partial charge >= 0.3 is 0 Å². The molecule has 0 spiro atoms. The molecule has 3 rings (SSSR count). The van der Waals surface area contributed by atoms with Crippen LogP contribution in [0.15, 0.2) is 47.6 Å². The SMILES string of the molecule is CCCCCCC(=O)NCc1nnc(SCc2ccccc2C)n1-c1cc(Cl)ccc1C. The zero-order valence-corrected chi connectivity index (χ0v) is 20.6. The summed E-state index contributed by atoms with van der Waals surface area (Å²) in [6.45, 7) is 6.65. The molecule has 0 radical (unpaired) electrons. The Bertz CT molecular complexity index is 1050. The molecule has 0 saturated carbocycles. The van der Waals surface area contributed by atoms with Gasteiger partial charge in [-0.15, -0.1) is 10.2 Å². The van der Waals surface area contributed by atoms with E-state index < -0.39 is 0 Å². The number of thioether (sulfide) groups is 1. The number of nitrogens with one attached hydrogen (secondary N) is 1. The second kappa shape index (κ2) is 12.1. The van der Waals surface area contributed by atoms with Crippen molar-refractivity contribution >= 4 is 29.3 Å². The van der Waals surface area contributed by atoms with E-state index in [0.29, 0.717) is 23.8 Å². The summed E-state index contributed by atoms with van der Waals surface area (Å²) >= 11 is 7.94. The van der Waals surface area contributed by atoms with E-state index in [2.05, 4.69) is 47.6 Å². The average Bonchev–Trinajstić information content (AvgIpc) is 3.19. The van der Waals surface area contributed by atoms with E-state index in [1.165, 1.54) is 11.1 Å². The summed E-state index contributed by atoms with van der Waals surface area (Å²) in [6.07, 6.45) is 4.86. The normalized spacial score (nSPS) is 11.0. The van der Waals surface area contributed by atoms with Crippen molar-refractivity contribution in [3.8, 4) is 5.69 Å². The van der Waals surface area contributed by atoms with Gasteiger partial charge in [0.25, 0.3) is 0 Å². The van der Waals surface area contributed by atoms with E-state index in [1.807, 2.05) is 35.8 Å². The van der Waals surface area contributed by atoms with E-state index >= 15 is 0 Å². The number of aryl methyl sites for hydroxylation is 2. The number of hydrogen-bond donors (Lipinski definition) is 1. The first-order chi connectivity index (χ1) is 15.5. The summed E-state index contributed by atoms with van der Waals surface area (Å²) in [5.74, 6) is 1.53. The van der Waals surface area contributed by atoms with Crippen LogP contribution in [-0.4, -0.2) is 20.7 Å². The van der Waals surface area contributed by atoms with E-state index in [4.69, 9.17) is 11.6 Å². The number of amides is 1. The Labute approximate surface area is 200 Å². The lowest BCUT2D eigenvalue weighted by Gasteiger charge is -2.14. The lowest BCUT2D eigenvalue weighted by Crippen LogP contribution is -2.24. The third kappa shape index (κ3) is 6.59. The van der Waals surface area contributed by atoms with E-state index in [0.717, 1.165) is 47.8 Å². The molecule has 3 aromatic rings. The molecule has 2 aromatic carbocycles. The van der Waals surface area contributed by atoms with Crippen molar-refractivity contribution in [2.24, 2.45) is 0 Å². The first-order valence-corrected chi connectivity index (χ1v) is 12.5. The zero-order valence-electron chi connectivity index (χ0n) is 19.0. The molecule has 0 bridgehead atoms. The van der Waals surface area contributed by atoms with Crippen LogP contribution in [-0.2, 0) is 17.1 Å². The van der Waals surface area contributed by atoms with Crippen molar-refractivity contribution < 1.29 is 4.79 Å². The zero-order chi connectivity index (χ0) is 22.9. The third-order valence-electron chi connectivity index (χ3n) is 5.43. The molecule has 1 heterocycles. The molecule has 0 saturated heterocycles. The highest BCUT2D eigenvalue weighted by atomic mass is 35.5. The van der Waals surface area contributed by atoms with Crippen molar-refractivity contribution in [1.82, 2.24) is 20.1 Å². The second-order valence-corrected chi connectivity index (χ2v) is 9.35. The van der Waals surface area contributed by atoms with Gasteiger partial charge in [0.05, 0.1) is 12.2 Å². The Morgan fingerprint density at radius 3 is 2.66 bits per heavy atom. The van der Waals surface area contributed by atoms with E-state index in [-0.39, 0.29) is 5.91 Å². The molecule has 5 nitrogen and oxygen atoms in total. The predicted octanol–water partition coefficient (Wildman–Crippen LogP) is 6.42. The Kier molecular flexibility index (Phi) is 9.18. The van der Waals surface area contributed by atoms with Crippen molar-refractivity contribution in [1.29, 1.82) is 0 Å². The van der Waals surface area contributed by atoms with Crippen LogP contribution in [0.4, 0.5) is 0 Å². The number of rotatable bonds is 11. The summed E-state index contributed by atoms with van der Waals surface area (Å²) in [5.41, 5.74) is 4.51. The lowest BCUT2D eigenvalue weighted by atomic mass is 10.1. The summed E-state index contributed by atoms with van der Waals surface area (Å²) in [5, 5.41) is 13.3. The Balaban J connectivity index is 1.80. The van der Waals surface area contributed by atoms with Crippen LogP contribution in [0.2, 0.25) is 5.02 Å². The second-order valence-electron chi connectivity index (χ2n) is 7.97. The summed E-state index contributed by atoms with van der Waals surface area (Å²) in [4.78, 5) is 12.3. The summed E-state index contributed by atoms with van der Waals surface area (Å²) < 4.78 is 2.02. The number of nitrogens with zero attached hydrogens (tertiary/aromatic N) is 3. The highest BCUT2D eigenvalue weighted by Crippen LogP contribution is 2.29. The van der Waals surface area contributed by atoms with E-state index in [9.17, 15) is 4.79 Å². The minimum atomic E-state index is 0.0487. The van der Waals surface area contributed by atoms with Crippen molar-refractivity contribution in [3.05, 3.63) is 70.0 Å². The van der Waals surface area contributed by atoms with Crippen LogP contribution in [0.5, 0.6) is 0 Å². The van der Waals surface area contributed by atoms with Gasteiger partial charge in [-0.2, -0.15) is 0 Å². The molecule has 1 aromatic heterocycles. The molecule has 7 heteroatoms. The number of aromatic nitrogens is 3. The summed E-state index contributed by atoms with van der Waals surface area (Å²) in [6, 6.07) is 14.1. The van der Waals surface area contributed by atoms with Gasteiger partial charge in [0, 0.05) is 17.2 Å². The first kappa shape index (κ1) is 24.3. The molecule has 0 aliphatic rings. The van der Waals surface area contributed by atoms with Gasteiger partial charge in [0.2, 0.25) is 5.91 Å². The number of benzene rings is 2. The summed E-state index contributed by atoms with van der Waals surface area (Å²) in [7, 11) is 0. The van der Waals surface area contributed by atoms with Gasteiger partial charge < -0.3 is 5.32 Å². The Hall–Kier alpha value is -2.31. The average molecular weight is 471 g/mol. The van der Waals surface area contributed by atoms with E-state index in [1.54, 1.807) is 11.8 Å². The molecular weight excluding hydrogens is 440 g/mol. The minimum absolute atomic E-state index is 0.0487. The molecule has 1 amide bonds. The van der Waals surface area contributed by atoms with Crippen LogP contribution in [0.25, 0.3) is 5.69 Å². The number of carbonyl (C=O) groups is 1. The maximum Gasteiger partial charge on any atom is 0.220 e. The Morgan fingerprint density at radius 1 is 1.06 bits per heavy atom. The third-order valence-corrected chi connectivity index (χ3v) is 6.64. The van der Waals surface area contributed by atoms with Gasteiger partial charge in [0.1, 0.15) is 0 Å². The van der Waals surface area contributed by atoms with Gasteiger partial charge in [0.15, 0.2) is 11.0 Å². The maximum atomic E-state index is 12.3. The highest BCUT2D eigenvalue weighted by molar-refractivity contribution is 7.98. The number of carbonyl (C=O) groups excluding carboxylic acids is 1. The van der Waals surface area contributed by atoms with Gasteiger partial charge in [-0.25, -0.2) is 0 Å². The molecule has 0 aliphatic heterocycles. The standard InChI is InChI=1S/C25H31ClN4OS/c1-4-5-6-7-12-24(31)27-16-23-28-29-25(32-17-20-11-9-8-10-18(20)2)30(23)22-15-21(26)14-13-19(22)3/h8-11,13-15H,4-7,12,16-17H2,1-3H3,(H,27,31). The fraction of sp³-hybridized carbons (Fsp3) is 0.400. The molecule has 0 atom stereocenters. The van der Waals surface area contributed by atoms with Gasteiger partial charge in [-0.1, -0.05) is 79.9 Å². The quantitative estimate of drug-likeness (QED) is 0.259. The van der Waals surface area contributed by atoms with Crippen molar-refractivity contribution in [3.63, 3.8) is 0 Å². The van der Waals surface area contributed by atoms with Crippen LogP contribution >= 0.6 is 23.4 Å². The molecular formula is C25H31ClN4OS. The number of halogens is 1. The molecule has 0 fully saturated rings. The Morgan fingerprint density at radius 2 is 1.88 bits per heavy atom. The smallest absolute Gasteiger partial charge is 0.220 e. The minimum Gasteiger partial charge on any atom is -0.349 e. The van der Waals surface area contributed by atoms with Crippen LogP contribution in [0, 0.1) is 13.8 Å². The highest BCUT2D eigenvalue weighted by Gasteiger charge is 2.17. The lowest BCUT2D eigenvalue weighted by molar-refractivity contribution is -0.121. The topological polar surface area (TPSA) is 59.8 Å². The maximum absolute atomic E-state index is 12.3. The predicted molar refractivity (Wildman–Crippen MR) is 132 cm³/mol. The fourth-order valence-corrected chi connectivity index (χ4v) is 4.67. The van der Waals surface area contributed by atoms with Crippen LogP contribution in [0.3, 0.4) is 0 Å². The van der Waals surface area contributed by atoms with Gasteiger partial charge in [-0.05, 0) is 49.1 Å².